The minimum atomic E-state index is -0.665. The molecule has 7 heteroatoms. The van der Waals surface area contributed by atoms with Gasteiger partial charge in [0.15, 0.2) is 0 Å². The molecule has 18 heavy (non-hydrogen) atoms. The van der Waals surface area contributed by atoms with Gasteiger partial charge in [0.05, 0.1) is 19.1 Å². The van der Waals surface area contributed by atoms with Crippen LogP contribution in [0, 0.1) is 11.3 Å². The van der Waals surface area contributed by atoms with Crippen molar-refractivity contribution in [3.8, 4) is 6.07 Å². The molecule has 0 saturated carbocycles. The quantitative estimate of drug-likeness (QED) is 0.601. The van der Waals surface area contributed by atoms with Gasteiger partial charge in [-0.15, -0.1) is 0 Å². The number of methoxy groups -OCH3 is 1. The number of nitrogens with zero attached hydrogens (tertiary/aromatic N) is 2. The first kappa shape index (κ1) is 16.7. The summed E-state index contributed by atoms with van der Waals surface area (Å²) in [5.74, 6) is -0.309. The number of carbonyl (C=O) groups excluding carboxylic acids is 2. The molecule has 0 spiro atoms. The van der Waals surface area contributed by atoms with Crippen LogP contribution >= 0.6 is 12.6 Å². The monoisotopic (exact) mass is 273 g/mol. The molecule has 0 aromatic rings. The molecule has 2 amide bonds. The minimum Gasteiger partial charge on any atom is -0.383 e. The first-order chi connectivity index (χ1) is 8.56. The van der Waals surface area contributed by atoms with Crippen molar-refractivity contribution in [1.82, 2.24) is 10.2 Å². The summed E-state index contributed by atoms with van der Waals surface area (Å²) in [5, 5.41) is 11.1. The minimum absolute atomic E-state index is 0.217. The molecule has 1 unspecified atom stereocenters. The van der Waals surface area contributed by atoms with Crippen LogP contribution < -0.4 is 5.32 Å². The molecule has 0 saturated heterocycles. The zero-order valence-electron chi connectivity index (χ0n) is 10.7. The third-order valence-corrected chi connectivity index (χ3v) is 2.59. The zero-order chi connectivity index (χ0) is 14.0. The van der Waals surface area contributed by atoms with Crippen molar-refractivity contribution in [2.24, 2.45) is 0 Å². The second-order valence-corrected chi connectivity index (χ2v) is 4.03. The number of amides is 2. The Balaban J connectivity index is 4.57. The molecular formula is C11H19N3O3S. The Morgan fingerprint density at radius 3 is 2.61 bits per heavy atom. The van der Waals surface area contributed by atoms with Crippen molar-refractivity contribution < 1.29 is 14.3 Å². The molecule has 0 aromatic carbocycles. The normalized spacial score (nSPS) is 11.4. The van der Waals surface area contributed by atoms with Gasteiger partial charge in [-0.2, -0.15) is 17.9 Å². The van der Waals surface area contributed by atoms with Gasteiger partial charge in [0, 0.05) is 32.9 Å². The van der Waals surface area contributed by atoms with E-state index in [4.69, 9.17) is 10.00 Å². The SMILES string of the molecule is COCCN(CCC#N)C(=O)C(CS)NC(C)=O. The Morgan fingerprint density at radius 1 is 1.50 bits per heavy atom. The maximum absolute atomic E-state index is 12.1. The number of hydrogen-bond donors (Lipinski definition) is 2. The van der Waals surface area contributed by atoms with Crippen LogP contribution in [0.15, 0.2) is 0 Å². The Kier molecular flexibility index (Phi) is 9.06. The molecule has 1 atom stereocenters. The summed E-state index contributed by atoms with van der Waals surface area (Å²) < 4.78 is 4.91. The van der Waals surface area contributed by atoms with Crippen LogP contribution in [0.5, 0.6) is 0 Å². The lowest BCUT2D eigenvalue weighted by Gasteiger charge is -2.26. The number of carbonyl (C=O) groups is 2. The van der Waals surface area contributed by atoms with Crippen molar-refractivity contribution in [1.29, 1.82) is 5.26 Å². The number of rotatable bonds is 8. The zero-order valence-corrected chi connectivity index (χ0v) is 11.6. The number of hydrogen-bond acceptors (Lipinski definition) is 5. The summed E-state index contributed by atoms with van der Waals surface area (Å²) in [6.45, 7) is 2.44. The van der Waals surface area contributed by atoms with Crippen LogP contribution in [0.3, 0.4) is 0 Å². The van der Waals surface area contributed by atoms with E-state index in [0.29, 0.717) is 19.7 Å². The first-order valence-corrected chi connectivity index (χ1v) is 6.22. The van der Waals surface area contributed by atoms with E-state index in [2.05, 4.69) is 17.9 Å². The lowest BCUT2D eigenvalue weighted by molar-refractivity contribution is -0.135. The van der Waals surface area contributed by atoms with Crippen LogP contribution in [0.2, 0.25) is 0 Å². The predicted molar refractivity (Wildman–Crippen MR) is 70.1 cm³/mol. The molecule has 0 radical (unpaired) electrons. The molecule has 0 rings (SSSR count). The Hall–Kier alpha value is -1.26. The molecule has 1 N–H and O–H groups in total. The molecular weight excluding hydrogens is 254 g/mol. The van der Waals surface area contributed by atoms with Gasteiger partial charge in [-0.1, -0.05) is 0 Å². The lowest BCUT2D eigenvalue weighted by atomic mass is 10.2. The molecule has 0 aliphatic rings. The summed E-state index contributed by atoms with van der Waals surface area (Å²) in [7, 11) is 1.54. The third kappa shape index (κ3) is 6.47. The molecule has 0 heterocycles. The predicted octanol–water partition coefficient (Wildman–Crippen LogP) is -0.190. The molecule has 0 bridgehead atoms. The Labute approximate surface area is 113 Å². The largest absolute Gasteiger partial charge is 0.383 e. The van der Waals surface area contributed by atoms with Gasteiger partial charge >= 0.3 is 0 Å². The summed E-state index contributed by atoms with van der Waals surface area (Å²) in [6.07, 6.45) is 0.245. The fourth-order valence-electron chi connectivity index (χ4n) is 1.37. The number of nitrogens with one attached hydrogen (secondary N) is 1. The molecule has 0 aromatic heterocycles. The average molecular weight is 273 g/mol. The summed E-state index contributed by atoms with van der Waals surface area (Å²) >= 11 is 4.05. The van der Waals surface area contributed by atoms with Crippen molar-refractivity contribution in [2.75, 3.05) is 32.6 Å². The van der Waals surface area contributed by atoms with Crippen molar-refractivity contribution in [3.05, 3.63) is 0 Å². The van der Waals surface area contributed by atoms with E-state index in [1.165, 1.54) is 18.9 Å². The maximum Gasteiger partial charge on any atom is 0.246 e. The van der Waals surface area contributed by atoms with Crippen LogP contribution in [0.4, 0.5) is 0 Å². The van der Waals surface area contributed by atoms with Crippen LogP contribution in [0.1, 0.15) is 13.3 Å². The standard InChI is InChI=1S/C11H19N3O3S/c1-9(15)13-10(8-18)11(16)14(5-3-4-12)6-7-17-2/h10,18H,3,5-8H2,1-2H3,(H,13,15). The van der Waals surface area contributed by atoms with Gasteiger partial charge in [-0.3, -0.25) is 9.59 Å². The van der Waals surface area contributed by atoms with Gasteiger partial charge in [0.1, 0.15) is 6.04 Å². The molecule has 102 valence electrons. The number of thiol groups is 1. The van der Waals surface area contributed by atoms with Crippen molar-refractivity contribution >= 4 is 24.4 Å². The average Bonchev–Trinajstić information content (AvgIpc) is 2.35. The van der Waals surface area contributed by atoms with Gasteiger partial charge in [-0.25, -0.2) is 0 Å². The molecule has 0 aliphatic carbocycles. The van der Waals surface area contributed by atoms with Crippen LogP contribution in [0.25, 0.3) is 0 Å². The van der Waals surface area contributed by atoms with Crippen molar-refractivity contribution in [2.45, 2.75) is 19.4 Å². The van der Waals surface area contributed by atoms with E-state index in [1.807, 2.05) is 6.07 Å². The van der Waals surface area contributed by atoms with Gasteiger partial charge < -0.3 is 15.0 Å². The second kappa shape index (κ2) is 9.74. The van der Waals surface area contributed by atoms with E-state index in [-0.39, 0.29) is 24.0 Å². The fraction of sp³-hybridized carbons (Fsp3) is 0.727. The van der Waals surface area contributed by atoms with E-state index in [1.54, 1.807) is 0 Å². The van der Waals surface area contributed by atoms with Crippen LogP contribution in [-0.4, -0.2) is 55.3 Å². The third-order valence-electron chi connectivity index (χ3n) is 2.23. The van der Waals surface area contributed by atoms with Crippen molar-refractivity contribution in [3.63, 3.8) is 0 Å². The molecule has 0 aliphatic heterocycles. The molecule has 0 fully saturated rings. The number of ether oxygens (including phenoxy) is 1. The highest BCUT2D eigenvalue weighted by molar-refractivity contribution is 7.80. The Morgan fingerprint density at radius 2 is 2.17 bits per heavy atom. The summed E-state index contributed by atoms with van der Waals surface area (Å²) in [4.78, 5) is 24.6. The van der Waals surface area contributed by atoms with E-state index in [9.17, 15) is 9.59 Å². The van der Waals surface area contributed by atoms with Gasteiger partial charge in [0.2, 0.25) is 11.8 Å². The maximum atomic E-state index is 12.1. The van der Waals surface area contributed by atoms with E-state index < -0.39 is 6.04 Å². The van der Waals surface area contributed by atoms with Crippen LogP contribution in [-0.2, 0) is 14.3 Å². The number of nitriles is 1. The van der Waals surface area contributed by atoms with E-state index in [0.717, 1.165) is 0 Å². The topological polar surface area (TPSA) is 82.4 Å². The van der Waals surface area contributed by atoms with Gasteiger partial charge in [-0.05, 0) is 0 Å². The smallest absolute Gasteiger partial charge is 0.246 e. The summed E-state index contributed by atoms with van der Waals surface area (Å²) in [6, 6.07) is 1.32. The second-order valence-electron chi connectivity index (χ2n) is 3.66. The Bertz CT molecular complexity index is 317. The first-order valence-electron chi connectivity index (χ1n) is 5.59. The highest BCUT2D eigenvalue weighted by Crippen LogP contribution is 2.00. The highest BCUT2D eigenvalue weighted by atomic mass is 32.1. The van der Waals surface area contributed by atoms with Gasteiger partial charge in [0.25, 0.3) is 0 Å². The highest BCUT2D eigenvalue weighted by Gasteiger charge is 2.23. The lowest BCUT2D eigenvalue weighted by Crippen LogP contribution is -2.50. The summed E-state index contributed by atoms with van der Waals surface area (Å²) in [5.41, 5.74) is 0. The molecule has 6 nitrogen and oxygen atoms in total. The van der Waals surface area contributed by atoms with E-state index >= 15 is 0 Å². The fourth-order valence-corrected chi connectivity index (χ4v) is 1.62.